The number of aromatic nitrogens is 2. The summed E-state index contributed by atoms with van der Waals surface area (Å²) in [5, 5.41) is 13.4. The Morgan fingerprint density at radius 3 is 2.65 bits per heavy atom. The van der Waals surface area contributed by atoms with Gasteiger partial charge in [-0.3, -0.25) is 10.1 Å². The highest BCUT2D eigenvalue weighted by molar-refractivity contribution is 5.38. The maximum absolute atomic E-state index is 13.4. The smallest absolute Gasteiger partial charge is 0.321 e. The van der Waals surface area contributed by atoms with Crippen molar-refractivity contribution in [1.29, 1.82) is 0 Å². The van der Waals surface area contributed by atoms with Crippen molar-refractivity contribution in [3.63, 3.8) is 0 Å². The van der Waals surface area contributed by atoms with Crippen molar-refractivity contribution in [1.82, 2.24) is 15.3 Å². The van der Waals surface area contributed by atoms with Gasteiger partial charge in [-0.25, -0.2) is 9.97 Å². The molecule has 0 radical (unpaired) electrons. The number of hydrogen-bond donors (Lipinski definition) is 1. The molecule has 2 rings (SSSR count). The highest BCUT2D eigenvalue weighted by Gasteiger charge is 2.14. The number of nitrogens with zero attached hydrogens (tertiary/aromatic N) is 3. The lowest BCUT2D eigenvalue weighted by atomic mass is 10.3. The first-order valence-corrected chi connectivity index (χ1v) is 5.67. The summed E-state index contributed by atoms with van der Waals surface area (Å²) in [5.41, 5.74) is 0.261. The first-order valence-electron chi connectivity index (χ1n) is 5.67. The average molecular weight is 278 g/mol. The van der Waals surface area contributed by atoms with Crippen LogP contribution in [0.4, 0.5) is 10.1 Å². The number of nitro benzene ring substituents is 1. The van der Waals surface area contributed by atoms with Gasteiger partial charge in [0.2, 0.25) is 5.82 Å². The summed E-state index contributed by atoms with van der Waals surface area (Å²) in [6, 6.07) is 3.27. The molecule has 0 spiro atoms. The van der Waals surface area contributed by atoms with Crippen LogP contribution in [-0.2, 0) is 6.54 Å². The molecule has 0 unspecified atom stereocenters. The maximum atomic E-state index is 13.4. The van der Waals surface area contributed by atoms with Gasteiger partial charge in [0.15, 0.2) is 0 Å². The first kappa shape index (κ1) is 13.8. The standard InChI is InChI=1S/C12H11FN4O3/c1-14-5-8-6-15-12(16-7-8)20-9-2-3-11(17(18)19)10(13)4-9/h2-4,6-7,14H,5H2,1H3. The molecular formula is C12H11FN4O3. The molecule has 1 aromatic carbocycles. The number of hydrogen-bond acceptors (Lipinski definition) is 6. The van der Waals surface area contributed by atoms with Gasteiger partial charge in [-0.2, -0.15) is 4.39 Å². The highest BCUT2D eigenvalue weighted by atomic mass is 19.1. The monoisotopic (exact) mass is 278 g/mol. The molecule has 0 saturated heterocycles. The van der Waals surface area contributed by atoms with Crippen LogP contribution in [0.15, 0.2) is 30.6 Å². The Kier molecular flexibility index (Phi) is 4.16. The molecule has 20 heavy (non-hydrogen) atoms. The SMILES string of the molecule is CNCc1cnc(Oc2ccc([N+](=O)[O-])c(F)c2)nc1. The van der Waals surface area contributed by atoms with Gasteiger partial charge in [-0.1, -0.05) is 0 Å². The second kappa shape index (κ2) is 6.02. The van der Waals surface area contributed by atoms with Crippen molar-refractivity contribution >= 4 is 5.69 Å². The Hall–Kier alpha value is -2.61. The van der Waals surface area contributed by atoms with Crippen LogP contribution < -0.4 is 10.1 Å². The summed E-state index contributed by atoms with van der Waals surface area (Å²) in [6.45, 7) is 0.617. The summed E-state index contributed by atoms with van der Waals surface area (Å²) in [7, 11) is 1.80. The van der Waals surface area contributed by atoms with Crippen LogP contribution in [0.2, 0.25) is 0 Å². The lowest BCUT2D eigenvalue weighted by Gasteiger charge is -2.04. The second-order valence-corrected chi connectivity index (χ2v) is 3.88. The molecule has 0 aliphatic rings. The number of nitro groups is 1. The van der Waals surface area contributed by atoms with E-state index in [1.54, 1.807) is 19.4 Å². The van der Waals surface area contributed by atoms with E-state index in [0.29, 0.717) is 6.54 Å². The topological polar surface area (TPSA) is 90.2 Å². The molecule has 0 fully saturated rings. The average Bonchev–Trinajstić information content (AvgIpc) is 2.41. The molecular weight excluding hydrogens is 267 g/mol. The van der Waals surface area contributed by atoms with Crippen molar-refractivity contribution < 1.29 is 14.1 Å². The predicted molar refractivity (Wildman–Crippen MR) is 67.9 cm³/mol. The van der Waals surface area contributed by atoms with Gasteiger partial charge < -0.3 is 10.1 Å². The van der Waals surface area contributed by atoms with Gasteiger partial charge in [-0.15, -0.1) is 0 Å². The zero-order chi connectivity index (χ0) is 14.5. The van der Waals surface area contributed by atoms with E-state index in [1.165, 1.54) is 6.07 Å². The molecule has 1 heterocycles. The van der Waals surface area contributed by atoms with Gasteiger partial charge >= 0.3 is 11.7 Å². The predicted octanol–water partition coefficient (Wildman–Crippen LogP) is 2.04. The zero-order valence-corrected chi connectivity index (χ0v) is 10.5. The minimum Gasteiger partial charge on any atom is -0.424 e. The van der Waals surface area contributed by atoms with Crippen molar-refractivity contribution in [2.45, 2.75) is 6.54 Å². The van der Waals surface area contributed by atoms with Crippen molar-refractivity contribution in [2.24, 2.45) is 0 Å². The fourth-order valence-corrected chi connectivity index (χ4v) is 1.50. The van der Waals surface area contributed by atoms with E-state index in [2.05, 4.69) is 15.3 Å². The number of ether oxygens (including phenoxy) is 1. The molecule has 7 nitrogen and oxygen atoms in total. The maximum Gasteiger partial charge on any atom is 0.321 e. The summed E-state index contributed by atoms with van der Waals surface area (Å²) in [4.78, 5) is 17.6. The molecule has 0 bridgehead atoms. The van der Waals surface area contributed by atoms with E-state index < -0.39 is 16.4 Å². The fraction of sp³-hybridized carbons (Fsp3) is 0.167. The number of benzene rings is 1. The highest BCUT2D eigenvalue weighted by Crippen LogP contribution is 2.24. The summed E-state index contributed by atoms with van der Waals surface area (Å²) in [5.74, 6) is -0.881. The number of nitrogens with one attached hydrogen (secondary N) is 1. The van der Waals surface area contributed by atoms with Crippen LogP contribution in [-0.4, -0.2) is 21.9 Å². The molecule has 0 atom stereocenters. The van der Waals surface area contributed by atoms with Crippen LogP contribution in [0, 0.1) is 15.9 Å². The van der Waals surface area contributed by atoms with E-state index in [1.807, 2.05) is 0 Å². The molecule has 8 heteroatoms. The number of halogens is 1. The van der Waals surface area contributed by atoms with E-state index in [4.69, 9.17) is 4.74 Å². The molecule has 0 aliphatic carbocycles. The normalized spacial score (nSPS) is 10.3. The van der Waals surface area contributed by atoms with Crippen molar-refractivity contribution in [3.05, 3.63) is 52.1 Å². The third kappa shape index (κ3) is 3.23. The lowest BCUT2D eigenvalue weighted by Crippen LogP contribution is -2.06. The Morgan fingerprint density at radius 2 is 2.10 bits per heavy atom. The van der Waals surface area contributed by atoms with E-state index in [0.717, 1.165) is 17.7 Å². The van der Waals surface area contributed by atoms with E-state index in [9.17, 15) is 14.5 Å². The van der Waals surface area contributed by atoms with Crippen molar-refractivity contribution in [3.8, 4) is 11.8 Å². The Balaban J connectivity index is 2.13. The third-order valence-corrected chi connectivity index (χ3v) is 2.39. The Bertz CT molecular complexity index is 619. The van der Waals surface area contributed by atoms with Crippen molar-refractivity contribution in [2.75, 3.05) is 7.05 Å². The minimum atomic E-state index is -0.973. The minimum absolute atomic E-state index is 0.0399. The molecule has 0 amide bonds. The van der Waals surface area contributed by atoms with Crippen LogP contribution >= 0.6 is 0 Å². The fourth-order valence-electron chi connectivity index (χ4n) is 1.50. The molecule has 2 aromatic rings. The largest absolute Gasteiger partial charge is 0.424 e. The Morgan fingerprint density at radius 1 is 1.40 bits per heavy atom. The third-order valence-electron chi connectivity index (χ3n) is 2.39. The van der Waals surface area contributed by atoms with Crippen LogP contribution in [0.3, 0.4) is 0 Å². The van der Waals surface area contributed by atoms with Gasteiger partial charge in [0.05, 0.1) is 4.92 Å². The van der Waals surface area contributed by atoms with Crippen LogP contribution in [0.1, 0.15) is 5.56 Å². The molecule has 1 N–H and O–H groups in total. The summed E-state index contributed by atoms with van der Waals surface area (Å²) < 4.78 is 18.6. The molecule has 0 saturated carbocycles. The van der Waals surface area contributed by atoms with Gasteiger partial charge in [-0.05, 0) is 13.1 Å². The molecule has 1 aromatic heterocycles. The van der Waals surface area contributed by atoms with Crippen LogP contribution in [0.5, 0.6) is 11.8 Å². The second-order valence-electron chi connectivity index (χ2n) is 3.88. The summed E-state index contributed by atoms with van der Waals surface area (Å²) in [6.07, 6.45) is 3.14. The molecule has 0 aliphatic heterocycles. The molecule has 104 valence electrons. The zero-order valence-electron chi connectivity index (χ0n) is 10.5. The van der Waals surface area contributed by atoms with E-state index in [-0.39, 0.29) is 11.8 Å². The Labute approximate surface area is 113 Å². The van der Waals surface area contributed by atoms with Gasteiger partial charge in [0.25, 0.3) is 0 Å². The van der Waals surface area contributed by atoms with Crippen LogP contribution in [0.25, 0.3) is 0 Å². The number of rotatable bonds is 5. The lowest BCUT2D eigenvalue weighted by molar-refractivity contribution is -0.387. The first-order chi connectivity index (χ1) is 9.60. The van der Waals surface area contributed by atoms with Gasteiger partial charge in [0.1, 0.15) is 5.75 Å². The quantitative estimate of drug-likeness (QED) is 0.664. The summed E-state index contributed by atoms with van der Waals surface area (Å²) >= 11 is 0. The van der Waals surface area contributed by atoms with Gasteiger partial charge in [0, 0.05) is 36.6 Å². The van der Waals surface area contributed by atoms with E-state index >= 15 is 0 Å².